The number of carbonyl (C=O) groups is 1. The standard InChI is InChI=1S/C15H29NO/c1-3-4-5-6-7-8-12-15(17)16-13-10-9-11-14(16)2/h14H,3-13H2,1-2H3/t14-/m0/s1. The highest BCUT2D eigenvalue weighted by molar-refractivity contribution is 5.76. The molecule has 0 radical (unpaired) electrons. The zero-order valence-corrected chi connectivity index (χ0v) is 11.7. The van der Waals surface area contributed by atoms with Crippen LogP contribution in [-0.4, -0.2) is 23.4 Å². The number of nitrogens with zero attached hydrogens (tertiary/aromatic N) is 1. The number of likely N-dealkylation sites (tertiary alicyclic amines) is 1. The van der Waals surface area contributed by atoms with E-state index in [9.17, 15) is 4.79 Å². The van der Waals surface area contributed by atoms with Crippen LogP contribution >= 0.6 is 0 Å². The van der Waals surface area contributed by atoms with E-state index in [4.69, 9.17) is 0 Å². The molecule has 0 aromatic heterocycles. The van der Waals surface area contributed by atoms with E-state index in [1.807, 2.05) is 0 Å². The van der Waals surface area contributed by atoms with Gasteiger partial charge in [0.2, 0.25) is 5.91 Å². The van der Waals surface area contributed by atoms with Crippen molar-refractivity contribution in [3.63, 3.8) is 0 Å². The molecule has 0 aromatic rings. The number of amides is 1. The summed E-state index contributed by atoms with van der Waals surface area (Å²) in [4.78, 5) is 14.1. The maximum absolute atomic E-state index is 12.0. The van der Waals surface area contributed by atoms with Crippen molar-refractivity contribution in [2.45, 2.75) is 84.1 Å². The van der Waals surface area contributed by atoms with Crippen molar-refractivity contribution in [1.82, 2.24) is 4.90 Å². The van der Waals surface area contributed by atoms with E-state index in [1.165, 1.54) is 51.4 Å². The first-order valence-electron chi connectivity index (χ1n) is 7.55. The van der Waals surface area contributed by atoms with E-state index in [0.29, 0.717) is 11.9 Å². The van der Waals surface area contributed by atoms with E-state index in [2.05, 4.69) is 18.7 Å². The van der Waals surface area contributed by atoms with Gasteiger partial charge in [0.15, 0.2) is 0 Å². The fourth-order valence-electron chi connectivity index (χ4n) is 2.67. The lowest BCUT2D eigenvalue weighted by Gasteiger charge is -2.33. The highest BCUT2D eigenvalue weighted by atomic mass is 16.2. The molecule has 1 amide bonds. The lowest BCUT2D eigenvalue weighted by molar-refractivity contribution is -0.134. The molecule has 100 valence electrons. The molecule has 0 N–H and O–H groups in total. The third-order valence-electron chi connectivity index (χ3n) is 3.87. The maximum Gasteiger partial charge on any atom is 0.222 e. The molecule has 17 heavy (non-hydrogen) atoms. The molecule has 0 spiro atoms. The number of piperidine rings is 1. The first kappa shape index (κ1) is 14.5. The summed E-state index contributed by atoms with van der Waals surface area (Å²) in [5, 5.41) is 0. The van der Waals surface area contributed by atoms with E-state index < -0.39 is 0 Å². The Morgan fingerprint density at radius 2 is 1.82 bits per heavy atom. The van der Waals surface area contributed by atoms with Gasteiger partial charge in [-0.2, -0.15) is 0 Å². The Morgan fingerprint density at radius 3 is 2.53 bits per heavy atom. The molecule has 0 bridgehead atoms. The van der Waals surface area contributed by atoms with Crippen LogP contribution in [0.4, 0.5) is 0 Å². The topological polar surface area (TPSA) is 20.3 Å². The van der Waals surface area contributed by atoms with Crippen molar-refractivity contribution in [3.05, 3.63) is 0 Å². The van der Waals surface area contributed by atoms with Gasteiger partial charge in [0, 0.05) is 19.0 Å². The lowest BCUT2D eigenvalue weighted by Crippen LogP contribution is -2.41. The SMILES string of the molecule is CCCCCCCCC(=O)N1CCCC[C@@H]1C. The molecule has 1 rings (SSSR count). The lowest BCUT2D eigenvalue weighted by atomic mass is 10.0. The second-order valence-electron chi connectivity index (χ2n) is 5.45. The van der Waals surface area contributed by atoms with Crippen LogP contribution in [0.15, 0.2) is 0 Å². The van der Waals surface area contributed by atoms with Gasteiger partial charge in [-0.15, -0.1) is 0 Å². The van der Waals surface area contributed by atoms with Crippen LogP contribution in [0.2, 0.25) is 0 Å². The molecular formula is C15H29NO. The smallest absolute Gasteiger partial charge is 0.222 e. The van der Waals surface area contributed by atoms with E-state index in [1.54, 1.807) is 0 Å². The van der Waals surface area contributed by atoms with Crippen LogP contribution in [-0.2, 0) is 4.79 Å². The molecule has 1 fully saturated rings. The number of hydrogen-bond acceptors (Lipinski definition) is 1. The van der Waals surface area contributed by atoms with Crippen LogP contribution in [0.25, 0.3) is 0 Å². The highest BCUT2D eigenvalue weighted by Crippen LogP contribution is 2.18. The summed E-state index contributed by atoms with van der Waals surface area (Å²) in [5.41, 5.74) is 0. The summed E-state index contributed by atoms with van der Waals surface area (Å²) in [6, 6.07) is 0.483. The molecule has 1 heterocycles. The van der Waals surface area contributed by atoms with Gasteiger partial charge in [-0.25, -0.2) is 0 Å². The Kier molecular flexibility index (Phi) is 7.30. The third kappa shape index (κ3) is 5.56. The van der Waals surface area contributed by atoms with Crippen molar-refractivity contribution in [1.29, 1.82) is 0 Å². The molecule has 1 aliphatic rings. The molecule has 0 aliphatic carbocycles. The number of carbonyl (C=O) groups excluding carboxylic acids is 1. The predicted octanol–water partition coefficient (Wildman–Crippen LogP) is 4.14. The average molecular weight is 239 g/mol. The van der Waals surface area contributed by atoms with Gasteiger partial charge < -0.3 is 4.90 Å². The Labute approximate surface area is 107 Å². The maximum atomic E-state index is 12.0. The number of rotatable bonds is 7. The predicted molar refractivity (Wildman–Crippen MR) is 73.0 cm³/mol. The summed E-state index contributed by atoms with van der Waals surface area (Å²) in [6.07, 6.45) is 12.1. The molecular weight excluding hydrogens is 210 g/mol. The van der Waals surface area contributed by atoms with Gasteiger partial charge in [-0.05, 0) is 32.6 Å². The largest absolute Gasteiger partial charge is 0.340 e. The monoisotopic (exact) mass is 239 g/mol. The zero-order chi connectivity index (χ0) is 12.5. The van der Waals surface area contributed by atoms with Gasteiger partial charge >= 0.3 is 0 Å². The van der Waals surface area contributed by atoms with Crippen LogP contribution < -0.4 is 0 Å². The van der Waals surface area contributed by atoms with E-state index in [-0.39, 0.29) is 0 Å². The quantitative estimate of drug-likeness (QED) is 0.611. The van der Waals surface area contributed by atoms with Gasteiger partial charge in [0.25, 0.3) is 0 Å². The van der Waals surface area contributed by atoms with Crippen molar-refractivity contribution in [2.75, 3.05) is 6.54 Å². The summed E-state index contributed by atoms with van der Waals surface area (Å²) < 4.78 is 0. The molecule has 1 atom stereocenters. The van der Waals surface area contributed by atoms with Gasteiger partial charge in [-0.3, -0.25) is 4.79 Å². The second-order valence-corrected chi connectivity index (χ2v) is 5.45. The summed E-state index contributed by atoms with van der Waals surface area (Å²) in [6.45, 7) is 5.43. The molecule has 0 saturated carbocycles. The van der Waals surface area contributed by atoms with Crippen LogP contribution in [0, 0.1) is 0 Å². The fraction of sp³-hybridized carbons (Fsp3) is 0.933. The van der Waals surface area contributed by atoms with Gasteiger partial charge in [0.05, 0.1) is 0 Å². The Morgan fingerprint density at radius 1 is 1.12 bits per heavy atom. The van der Waals surface area contributed by atoms with Crippen molar-refractivity contribution in [3.8, 4) is 0 Å². The first-order chi connectivity index (χ1) is 8.25. The Bertz CT molecular complexity index is 215. The molecule has 2 heteroatoms. The number of unbranched alkanes of at least 4 members (excludes halogenated alkanes) is 5. The van der Waals surface area contributed by atoms with Crippen molar-refractivity contribution >= 4 is 5.91 Å². The van der Waals surface area contributed by atoms with Crippen LogP contribution in [0.3, 0.4) is 0 Å². The molecule has 0 aromatic carbocycles. The summed E-state index contributed by atoms with van der Waals surface area (Å²) in [7, 11) is 0. The minimum absolute atomic E-state index is 0.396. The fourth-order valence-corrected chi connectivity index (χ4v) is 2.67. The summed E-state index contributed by atoms with van der Waals surface area (Å²) >= 11 is 0. The molecule has 1 aliphatic heterocycles. The van der Waals surface area contributed by atoms with Gasteiger partial charge in [-0.1, -0.05) is 39.0 Å². The first-order valence-corrected chi connectivity index (χ1v) is 7.55. The third-order valence-corrected chi connectivity index (χ3v) is 3.87. The van der Waals surface area contributed by atoms with Crippen LogP contribution in [0.1, 0.15) is 78.1 Å². The summed E-state index contributed by atoms with van der Waals surface area (Å²) in [5.74, 6) is 0.396. The Hall–Kier alpha value is -0.530. The minimum Gasteiger partial charge on any atom is -0.340 e. The minimum atomic E-state index is 0.396. The van der Waals surface area contributed by atoms with Crippen LogP contribution in [0.5, 0.6) is 0 Å². The highest BCUT2D eigenvalue weighted by Gasteiger charge is 2.22. The van der Waals surface area contributed by atoms with Crippen molar-refractivity contribution < 1.29 is 4.79 Å². The normalized spacial score (nSPS) is 20.6. The molecule has 2 nitrogen and oxygen atoms in total. The van der Waals surface area contributed by atoms with Gasteiger partial charge in [0.1, 0.15) is 0 Å². The zero-order valence-electron chi connectivity index (χ0n) is 11.7. The second kappa shape index (κ2) is 8.54. The van der Waals surface area contributed by atoms with E-state index in [0.717, 1.165) is 19.4 Å². The van der Waals surface area contributed by atoms with Crippen molar-refractivity contribution in [2.24, 2.45) is 0 Å². The molecule has 1 saturated heterocycles. The average Bonchev–Trinajstić information content (AvgIpc) is 2.34. The van der Waals surface area contributed by atoms with E-state index >= 15 is 0 Å². The number of hydrogen-bond donors (Lipinski definition) is 0. The molecule has 0 unspecified atom stereocenters. The Balaban J connectivity index is 2.07.